The van der Waals surface area contributed by atoms with Crippen LogP contribution in [0.3, 0.4) is 0 Å². The Hall–Kier alpha value is -3.09. The lowest BCUT2D eigenvalue weighted by atomic mass is 10.0. The van der Waals surface area contributed by atoms with Crippen LogP contribution in [-0.2, 0) is 14.4 Å². The molecule has 1 aliphatic rings. The van der Waals surface area contributed by atoms with Crippen LogP contribution in [0.1, 0.15) is 26.3 Å². The number of fused-ring (bicyclic) bond motifs is 1. The van der Waals surface area contributed by atoms with Gasteiger partial charge in [0.25, 0.3) is 11.8 Å². The molecule has 0 fully saturated rings. The lowest BCUT2D eigenvalue weighted by Gasteiger charge is -2.37. The molecule has 0 spiro atoms. The number of benzene rings is 3. The topological polar surface area (TPSA) is 63.7 Å². The zero-order valence-electron chi connectivity index (χ0n) is 15.9. The fraction of sp³-hybridized carbons (Fsp3) is 0.0870. The van der Waals surface area contributed by atoms with Crippen LogP contribution in [0.4, 0.5) is 0 Å². The second kappa shape index (κ2) is 7.97. The zero-order valence-corrected chi connectivity index (χ0v) is 17.4. The Morgan fingerprint density at radius 3 is 2.13 bits per heavy atom. The average molecular weight is 438 g/mol. The molecule has 150 valence electrons. The number of imide groups is 1. The minimum absolute atomic E-state index is 0.158. The van der Waals surface area contributed by atoms with Crippen molar-refractivity contribution in [1.82, 2.24) is 4.90 Å². The van der Waals surface area contributed by atoms with Gasteiger partial charge in [-0.1, -0.05) is 71.9 Å². The minimum Gasteiger partial charge on any atom is -0.466 e. The highest BCUT2D eigenvalue weighted by molar-refractivity contribution is 8.01. The maximum atomic E-state index is 13.4. The van der Waals surface area contributed by atoms with E-state index in [0.717, 1.165) is 16.7 Å². The molecule has 0 aliphatic carbocycles. The number of halogens is 1. The van der Waals surface area contributed by atoms with E-state index in [0.29, 0.717) is 15.5 Å². The van der Waals surface area contributed by atoms with Gasteiger partial charge in [0.1, 0.15) is 0 Å². The van der Waals surface area contributed by atoms with Crippen molar-refractivity contribution in [3.63, 3.8) is 0 Å². The summed E-state index contributed by atoms with van der Waals surface area (Å²) in [5.41, 5.74) is 0.805. The number of carbonyl (C=O) groups excluding carboxylic acids is 3. The smallest absolute Gasteiger partial charge is 0.348 e. The number of thioether (sulfide) groups is 1. The van der Waals surface area contributed by atoms with E-state index in [2.05, 4.69) is 0 Å². The fourth-order valence-corrected chi connectivity index (χ4v) is 4.93. The van der Waals surface area contributed by atoms with E-state index in [9.17, 15) is 14.4 Å². The summed E-state index contributed by atoms with van der Waals surface area (Å²) in [4.78, 5) is 40.0. The standard InChI is InChI=1S/C23H16ClNO4S/c1-29-22(28)23(15-8-4-2-5-9-15,30-17-10-6-3-7-11-17)25-20(26)18-13-12-16(24)14-19(18)21(25)27/h2-14H,1H3. The number of hydrogen-bond acceptors (Lipinski definition) is 5. The van der Waals surface area contributed by atoms with Gasteiger partial charge in [-0.05, 0) is 30.3 Å². The van der Waals surface area contributed by atoms with E-state index in [4.69, 9.17) is 16.3 Å². The molecule has 1 atom stereocenters. The largest absolute Gasteiger partial charge is 0.466 e. The minimum atomic E-state index is -1.75. The Labute approximate surface area is 182 Å². The maximum Gasteiger partial charge on any atom is 0.348 e. The highest BCUT2D eigenvalue weighted by Crippen LogP contribution is 2.48. The molecule has 5 nitrogen and oxygen atoms in total. The fourth-order valence-electron chi connectivity index (χ4n) is 3.45. The summed E-state index contributed by atoms with van der Waals surface area (Å²) in [6.07, 6.45) is 0. The number of nitrogens with zero attached hydrogens (tertiary/aromatic N) is 1. The van der Waals surface area contributed by atoms with Crippen molar-refractivity contribution < 1.29 is 19.1 Å². The molecule has 0 saturated heterocycles. The van der Waals surface area contributed by atoms with E-state index in [1.807, 2.05) is 18.2 Å². The first kappa shape index (κ1) is 20.2. The van der Waals surface area contributed by atoms with Gasteiger partial charge >= 0.3 is 5.97 Å². The number of amides is 2. The summed E-state index contributed by atoms with van der Waals surface area (Å²) in [7, 11) is 1.24. The summed E-state index contributed by atoms with van der Waals surface area (Å²) in [6.45, 7) is 0. The molecule has 4 rings (SSSR count). The van der Waals surface area contributed by atoms with Crippen molar-refractivity contribution in [3.8, 4) is 0 Å². The van der Waals surface area contributed by atoms with Crippen molar-refractivity contribution >= 4 is 41.1 Å². The molecule has 1 unspecified atom stereocenters. The van der Waals surface area contributed by atoms with Gasteiger partial charge in [0.05, 0.1) is 18.2 Å². The molecule has 0 bridgehead atoms. The summed E-state index contributed by atoms with van der Waals surface area (Å²) in [6, 6.07) is 22.2. The van der Waals surface area contributed by atoms with E-state index in [1.165, 1.54) is 19.2 Å². The third-order valence-corrected chi connectivity index (χ3v) is 6.42. The Kier molecular flexibility index (Phi) is 5.37. The second-order valence-electron chi connectivity index (χ2n) is 6.55. The summed E-state index contributed by atoms with van der Waals surface area (Å²) >= 11 is 7.13. The van der Waals surface area contributed by atoms with E-state index >= 15 is 0 Å². The van der Waals surface area contributed by atoms with Crippen LogP contribution in [0, 0.1) is 0 Å². The molecule has 7 heteroatoms. The number of rotatable bonds is 5. The predicted octanol–water partition coefficient (Wildman–Crippen LogP) is 4.75. The molecule has 2 amide bonds. The summed E-state index contributed by atoms with van der Waals surface area (Å²) in [5.74, 6) is -1.91. The van der Waals surface area contributed by atoms with Crippen molar-refractivity contribution in [2.75, 3.05) is 7.11 Å². The molecule has 1 heterocycles. The zero-order chi connectivity index (χ0) is 21.3. The van der Waals surface area contributed by atoms with Gasteiger partial charge in [0.15, 0.2) is 0 Å². The second-order valence-corrected chi connectivity index (χ2v) is 8.26. The molecule has 0 saturated carbocycles. The van der Waals surface area contributed by atoms with Gasteiger partial charge in [-0.15, -0.1) is 0 Å². The van der Waals surface area contributed by atoms with Crippen LogP contribution >= 0.6 is 23.4 Å². The Morgan fingerprint density at radius 2 is 1.50 bits per heavy atom. The quantitative estimate of drug-likeness (QED) is 0.327. The number of methoxy groups -OCH3 is 1. The first-order chi connectivity index (χ1) is 14.5. The van der Waals surface area contributed by atoms with Crippen molar-refractivity contribution in [3.05, 3.63) is 101 Å². The monoisotopic (exact) mass is 437 g/mol. The highest BCUT2D eigenvalue weighted by atomic mass is 35.5. The van der Waals surface area contributed by atoms with Gasteiger partial charge in [0, 0.05) is 15.5 Å². The van der Waals surface area contributed by atoms with Crippen LogP contribution < -0.4 is 0 Å². The number of hydrogen-bond donors (Lipinski definition) is 0. The SMILES string of the molecule is COC(=O)C(Sc1ccccc1)(c1ccccc1)N1C(=O)c2ccc(Cl)cc2C1=O. The molecular formula is C23H16ClNO4S. The molecule has 0 aromatic heterocycles. The Bertz CT molecular complexity index is 1140. The van der Waals surface area contributed by atoms with E-state index < -0.39 is 22.7 Å². The summed E-state index contributed by atoms with van der Waals surface area (Å²) in [5, 5.41) is 0.329. The third kappa shape index (κ3) is 3.18. The van der Waals surface area contributed by atoms with Crippen LogP contribution in [0.15, 0.2) is 83.8 Å². The lowest BCUT2D eigenvalue weighted by Crippen LogP contribution is -2.53. The maximum absolute atomic E-state index is 13.4. The van der Waals surface area contributed by atoms with Gasteiger partial charge in [-0.2, -0.15) is 0 Å². The Balaban J connectivity index is 1.97. The van der Waals surface area contributed by atoms with Gasteiger partial charge < -0.3 is 4.74 Å². The van der Waals surface area contributed by atoms with Crippen LogP contribution in [0.25, 0.3) is 0 Å². The van der Waals surface area contributed by atoms with Crippen molar-refractivity contribution in [1.29, 1.82) is 0 Å². The molecule has 3 aromatic rings. The molecule has 3 aromatic carbocycles. The van der Waals surface area contributed by atoms with Crippen LogP contribution in [0.5, 0.6) is 0 Å². The highest BCUT2D eigenvalue weighted by Gasteiger charge is 2.56. The van der Waals surface area contributed by atoms with Gasteiger partial charge in [-0.25, -0.2) is 9.69 Å². The predicted molar refractivity (Wildman–Crippen MR) is 114 cm³/mol. The van der Waals surface area contributed by atoms with Crippen molar-refractivity contribution in [2.45, 2.75) is 9.77 Å². The normalized spacial score (nSPS) is 14.9. The summed E-state index contributed by atoms with van der Waals surface area (Å²) < 4.78 is 5.14. The number of ether oxygens (including phenoxy) is 1. The molecule has 0 radical (unpaired) electrons. The van der Waals surface area contributed by atoms with Gasteiger partial charge in [0.2, 0.25) is 4.87 Å². The number of carbonyl (C=O) groups is 3. The number of esters is 1. The molecule has 30 heavy (non-hydrogen) atoms. The van der Waals surface area contributed by atoms with E-state index in [1.54, 1.807) is 48.5 Å². The third-order valence-electron chi connectivity index (χ3n) is 4.80. The first-order valence-electron chi connectivity index (χ1n) is 9.05. The first-order valence-corrected chi connectivity index (χ1v) is 10.2. The van der Waals surface area contributed by atoms with Crippen LogP contribution in [0.2, 0.25) is 5.02 Å². The lowest BCUT2D eigenvalue weighted by molar-refractivity contribution is -0.147. The van der Waals surface area contributed by atoms with Crippen LogP contribution in [-0.4, -0.2) is 29.8 Å². The van der Waals surface area contributed by atoms with E-state index in [-0.39, 0.29) is 11.1 Å². The average Bonchev–Trinajstić information content (AvgIpc) is 3.02. The molecule has 1 aliphatic heterocycles. The molecule has 0 N–H and O–H groups in total. The Morgan fingerprint density at radius 1 is 0.900 bits per heavy atom. The van der Waals surface area contributed by atoms with Crippen molar-refractivity contribution in [2.24, 2.45) is 0 Å². The van der Waals surface area contributed by atoms with Gasteiger partial charge in [-0.3, -0.25) is 9.59 Å². The molecular weight excluding hydrogens is 422 g/mol.